The number of hydrogen-bond acceptors (Lipinski definition) is 6. The Morgan fingerprint density at radius 3 is 2.65 bits per heavy atom. The lowest BCUT2D eigenvalue weighted by Crippen LogP contribution is -2.32. The SMILES string of the molecule is Cc1ccc(-c2nn(-c3ccccc3)cc2/C=C(\C#N)C(=O)Nc2sc3c(c2C(=O)NC[C@H]2CCCO2)CCCC3)cc1. The fourth-order valence-corrected chi connectivity index (χ4v) is 6.89. The molecule has 2 aromatic carbocycles. The molecule has 0 unspecified atom stereocenters. The minimum atomic E-state index is -0.559. The molecule has 43 heavy (non-hydrogen) atoms. The first kappa shape index (κ1) is 28.6. The van der Waals surface area contributed by atoms with Gasteiger partial charge in [0.05, 0.1) is 23.0 Å². The van der Waals surface area contributed by atoms with E-state index >= 15 is 0 Å². The summed E-state index contributed by atoms with van der Waals surface area (Å²) in [5, 5.41) is 21.4. The van der Waals surface area contributed by atoms with Crippen LogP contribution in [0.25, 0.3) is 23.0 Å². The first-order valence-electron chi connectivity index (χ1n) is 14.7. The van der Waals surface area contributed by atoms with Crippen molar-refractivity contribution in [2.45, 2.75) is 51.6 Å². The van der Waals surface area contributed by atoms with E-state index in [9.17, 15) is 14.9 Å². The zero-order valence-corrected chi connectivity index (χ0v) is 24.9. The van der Waals surface area contributed by atoms with E-state index in [2.05, 4.69) is 16.7 Å². The zero-order valence-electron chi connectivity index (χ0n) is 24.1. The van der Waals surface area contributed by atoms with Gasteiger partial charge in [-0.15, -0.1) is 11.3 Å². The van der Waals surface area contributed by atoms with Crippen molar-refractivity contribution in [1.29, 1.82) is 5.26 Å². The van der Waals surface area contributed by atoms with E-state index in [0.29, 0.717) is 28.4 Å². The number of aromatic nitrogens is 2. The molecule has 6 rings (SSSR count). The Kier molecular flexibility index (Phi) is 8.50. The molecule has 1 aliphatic carbocycles. The van der Waals surface area contributed by atoms with Gasteiger partial charge in [-0.1, -0.05) is 48.0 Å². The number of thiophene rings is 1. The van der Waals surface area contributed by atoms with Gasteiger partial charge >= 0.3 is 0 Å². The summed E-state index contributed by atoms with van der Waals surface area (Å²) in [6.07, 6.45) is 9.05. The summed E-state index contributed by atoms with van der Waals surface area (Å²) in [6.45, 7) is 3.17. The maximum Gasteiger partial charge on any atom is 0.266 e. The predicted molar refractivity (Wildman–Crippen MR) is 168 cm³/mol. The van der Waals surface area contributed by atoms with Crippen molar-refractivity contribution in [2.75, 3.05) is 18.5 Å². The van der Waals surface area contributed by atoms with Crippen LogP contribution in [-0.4, -0.2) is 40.9 Å². The maximum absolute atomic E-state index is 13.6. The van der Waals surface area contributed by atoms with Gasteiger partial charge in [-0.25, -0.2) is 4.68 Å². The number of carbonyl (C=O) groups excluding carboxylic acids is 2. The van der Waals surface area contributed by atoms with Crippen LogP contribution in [0.2, 0.25) is 0 Å². The van der Waals surface area contributed by atoms with Crippen molar-refractivity contribution < 1.29 is 14.3 Å². The maximum atomic E-state index is 13.6. The molecule has 3 heterocycles. The monoisotopic (exact) mass is 591 g/mol. The summed E-state index contributed by atoms with van der Waals surface area (Å²) in [5.41, 5.74) is 5.60. The summed E-state index contributed by atoms with van der Waals surface area (Å²) in [6, 6.07) is 19.7. The molecule has 0 saturated carbocycles. The molecule has 2 N–H and O–H groups in total. The number of nitrogens with one attached hydrogen (secondary N) is 2. The third-order valence-electron chi connectivity index (χ3n) is 7.89. The van der Waals surface area contributed by atoms with Gasteiger partial charge in [-0.05, 0) is 69.2 Å². The number of hydrogen-bond donors (Lipinski definition) is 2. The van der Waals surface area contributed by atoms with Crippen LogP contribution in [0.4, 0.5) is 5.00 Å². The van der Waals surface area contributed by atoms with Crippen LogP contribution in [-0.2, 0) is 22.4 Å². The van der Waals surface area contributed by atoms with Gasteiger partial charge in [-0.3, -0.25) is 9.59 Å². The predicted octanol–water partition coefficient (Wildman–Crippen LogP) is 6.24. The molecule has 1 atom stereocenters. The van der Waals surface area contributed by atoms with Gasteiger partial charge in [0.1, 0.15) is 16.6 Å². The second-order valence-electron chi connectivity index (χ2n) is 11.0. The second-order valence-corrected chi connectivity index (χ2v) is 12.1. The average molecular weight is 592 g/mol. The van der Waals surface area contributed by atoms with E-state index in [1.54, 1.807) is 10.8 Å². The molecular weight excluding hydrogens is 558 g/mol. The zero-order chi connectivity index (χ0) is 29.8. The highest BCUT2D eigenvalue weighted by Gasteiger charge is 2.28. The number of rotatable bonds is 8. The number of fused-ring (bicyclic) bond motifs is 1. The third-order valence-corrected chi connectivity index (χ3v) is 9.10. The number of carbonyl (C=O) groups is 2. The molecule has 0 spiro atoms. The lowest BCUT2D eigenvalue weighted by molar-refractivity contribution is -0.112. The lowest BCUT2D eigenvalue weighted by atomic mass is 9.95. The van der Waals surface area contributed by atoms with Crippen LogP contribution in [0, 0.1) is 18.3 Å². The number of nitriles is 1. The molecule has 0 bridgehead atoms. The molecule has 1 saturated heterocycles. The summed E-state index contributed by atoms with van der Waals surface area (Å²) >= 11 is 1.44. The van der Waals surface area contributed by atoms with Crippen LogP contribution < -0.4 is 10.6 Å². The number of ether oxygens (including phenoxy) is 1. The lowest BCUT2D eigenvalue weighted by Gasteiger charge is -2.15. The van der Waals surface area contributed by atoms with Crippen molar-refractivity contribution in [2.24, 2.45) is 0 Å². The van der Waals surface area contributed by atoms with Crippen LogP contribution in [0.5, 0.6) is 0 Å². The van der Waals surface area contributed by atoms with Crippen molar-refractivity contribution >= 4 is 34.2 Å². The molecule has 2 amide bonds. The van der Waals surface area contributed by atoms with Crippen LogP contribution in [0.15, 0.2) is 66.4 Å². The molecule has 2 aliphatic rings. The van der Waals surface area contributed by atoms with E-state index in [1.807, 2.05) is 67.7 Å². The Morgan fingerprint density at radius 2 is 1.91 bits per heavy atom. The number of para-hydroxylation sites is 1. The highest BCUT2D eigenvalue weighted by atomic mass is 32.1. The number of benzene rings is 2. The first-order valence-corrected chi connectivity index (χ1v) is 15.5. The highest BCUT2D eigenvalue weighted by Crippen LogP contribution is 2.38. The van der Waals surface area contributed by atoms with Gasteiger partial charge in [0, 0.05) is 35.4 Å². The minimum Gasteiger partial charge on any atom is -0.376 e. The number of aryl methyl sites for hydroxylation is 2. The second kappa shape index (κ2) is 12.8. The summed E-state index contributed by atoms with van der Waals surface area (Å²) in [4.78, 5) is 28.1. The van der Waals surface area contributed by atoms with Gasteiger partial charge in [0.2, 0.25) is 0 Å². The van der Waals surface area contributed by atoms with Crippen LogP contribution in [0.1, 0.15) is 57.6 Å². The van der Waals surface area contributed by atoms with E-state index in [1.165, 1.54) is 11.3 Å². The van der Waals surface area contributed by atoms with Crippen LogP contribution >= 0.6 is 11.3 Å². The fourth-order valence-electron chi connectivity index (χ4n) is 5.61. The van der Waals surface area contributed by atoms with Gasteiger partial charge in [0.15, 0.2) is 0 Å². The highest BCUT2D eigenvalue weighted by molar-refractivity contribution is 7.17. The van der Waals surface area contributed by atoms with Gasteiger partial charge in [-0.2, -0.15) is 10.4 Å². The molecular formula is C34H33N5O3S. The summed E-state index contributed by atoms with van der Waals surface area (Å²) in [5.74, 6) is -0.768. The quantitative estimate of drug-likeness (QED) is 0.186. The first-order chi connectivity index (χ1) is 21.0. The van der Waals surface area contributed by atoms with Crippen molar-refractivity contribution in [1.82, 2.24) is 15.1 Å². The third kappa shape index (κ3) is 6.31. The standard InChI is InChI=1S/C34H33N5O3S/c1-22-13-15-23(16-14-22)31-25(21-39(38-31)26-8-3-2-4-9-26)18-24(19-35)32(40)37-34-30(28-11-5-6-12-29(28)43-34)33(41)36-20-27-10-7-17-42-27/h2-4,8-9,13-16,18,21,27H,5-7,10-12,17,20H2,1H3,(H,36,41)(H,37,40)/b24-18+/t27-/m1/s1. The molecule has 8 nitrogen and oxygen atoms in total. The fraction of sp³-hybridized carbons (Fsp3) is 0.294. The Hall–Kier alpha value is -4.52. The van der Waals surface area contributed by atoms with E-state index < -0.39 is 5.91 Å². The number of amides is 2. The topological polar surface area (TPSA) is 109 Å². The van der Waals surface area contributed by atoms with Crippen molar-refractivity contribution in [3.8, 4) is 23.0 Å². The van der Waals surface area contributed by atoms with Crippen molar-refractivity contribution in [3.63, 3.8) is 0 Å². The van der Waals surface area contributed by atoms with E-state index in [-0.39, 0.29) is 17.6 Å². The Labute approximate surface area is 255 Å². The average Bonchev–Trinajstić information content (AvgIpc) is 3.78. The molecule has 1 aliphatic heterocycles. The molecule has 218 valence electrons. The summed E-state index contributed by atoms with van der Waals surface area (Å²) < 4.78 is 7.42. The summed E-state index contributed by atoms with van der Waals surface area (Å²) in [7, 11) is 0. The number of anilines is 1. The van der Waals surface area contributed by atoms with Gasteiger partial charge in [0.25, 0.3) is 11.8 Å². The van der Waals surface area contributed by atoms with Crippen LogP contribution in [0.3, 0.4) is 0 Å². The Morgan fingerprint density at radius 1 is 1.12 bits per heavy atom. The van der Waals surface area contributed by atoms with Gasteiger partial charge < -0.3 is 15.4 Å². The Bertz CT molecular complexity index is 1710. The normalized spacial score (nSPS) is 16.4. The van der Waals surface area contributed by atoms with E-state index in [0.717, 1.165) is 72.4 Å². The molecule has 2 aromatic heterocycles. The molecule has 4 aromatic rings. The largest absolute Gasteiger partial charge is 0.376 e. The van der Waals surface area contributed by atoms with E-state index in [4.69, 9.17) is 9.84 Å². The minimum absolute atomic E-state index is 0.0177. The van der Waals surface area contributed by atoms with Crippen molar-refractivity contribution in [3.05, 3.63) is 93.5 Å². The molecule has 9 heteroatoms. The molecule has 0 radical (unpaired) electrons. The number of nitrogens with zero attached hydrogens (tertiary/aromatic N) is 3. The Balaban J connectivity index is 1.31. The smallest absolute Gasteiger partial charge is 0.266 e. The molecule has 1 fully saturated rings.